The van der Waals surface area contributed by atoms with Gasteiger partial charge in [-0.2, -0.15) is 0 Å². The quantitative estimate of drug-likeness (QED) is 0.508. The Labute approximate surface area is 169 Å². The number of thioether (sulfide) groups is 1. The Hall–Kier alpha value is -2.86. The summed E-state index contributed by atoms with van der Waals surface area (Å²) in [4.78, 5) is 15.7. The normalized spacial score (nSPS) is 10.5. The lowest BCUT2D eigenvalue weighted by atomic mass is 10.1. The zero-order valence-corrected chi connectivity index (χ0v) is 17.0. The summed E-state index contributed by atoms with van der Waals surface area (Å²) in [5.41, 5.74) is 1.78. The molecule has 1 amide bonds. The molecule has 0 atom stereocenters. The highest BCUT2D eigenvalue weighted by atomic mass is 32.2. The van der Waals surface area contributed by atoms with E-state index in [0.717, 1.165) is 16.0 Å². The Bertz CT molecular complexity index is 923. The Balaban J connectivity index is 1.70. The second-order valence-corrected chi connectivity index (χ2v) is 7.26. The number of furan rings is 1. The van der Waals surface area contributed by atoms with Crippen LogP contribution in [0.25, 0.3) is 0 Å². The lowest BCUT2D eigenvalue weighted by Gasteiger charge is -2.19. The molecule has 2 aromatic carbocycles. The molecule has 0 saturated heterocycles. The summed E-state index contributed by atoms with van der Waals surface area (Å²) in [6, 6.07) is 17.5. The van der Waals surface area contributed by atoms with Crippen LogP contribution in [0.15, 0.2) is 70.2 Å². The van der Waals surface area contributed by atoms with E-state index in [9.17, 15) is 4.79 Å². The third-order valence-corrected chi connectivity index (χ3v) is 5.39. The van der Waals surface area contributed by atoms with Crippen molar-refractivity contribution < 1.29 is 18.7 Å². The lowest BCUT2D eigenvalue weighted by molar-refractivity contribution is 0.0751. The van der Waals surface area contributed by atoms with Crippen molar-refractivity contribution in [2.45, 2.75) is 17.2 Å². The van der Waals surface area contributed by atoms with Gasteiger partial charge in [0.25, 0.3) is 5.91 Å². The van der Waals surface area contributed by atoms with Gasteiger partial charge in [0.05, 0.1) is 20.5 Å². The molecule has 0 aliphatic carbocycles. The summed E-state index contributed by atoms with van der Waals surface area (Å²) in [6.07, 6.45) is 1.57. The van der Waals surface area contributed by atoms with Crippen LogP contribution >= 0.6 is 11.8 Å². The highest BCUT2D eigenvalue weighted by Gasteiger charge is 2.21. The van der Waals surface area contributed by atoms with E-state index in [1.54, 1.807) is 44.2 Å². The molecule has 3 aromatic rings. The predicted molar refractivity (Wildman–Crippen MR) is 110 cm³/mol. The smallest absolute Gasteiger partial charge is 0.289 e. The number of rotatable bonds is 8. The van der Waals surface area contributed by atoms with Gasteiger partial charge in [-0.05, 0) is 30.3 Å². The van der Waals surface area contributed by atoms with Crippen LogP contribution in [-0.4, -0.2) is 32.1 Å². The standard InChI is InChI=1S/C22H23NO4S/c1-23(14-16-9-10-18(25-2)13-20(16)26-3)22(24)21-17(11-12-27-21)15-28-19-7-5-4-6-8-19/h4-13H,14-15H2,1-3H3. The van der Waals surface area contributed by atoms with Crippen molar-refractivity contribution in [3.05, 3.63) is 77.7 Å². The number of methoxy groups -OCH3 is 2. The van der Waals surface area contributed by atoms with Gasteiger partial charge in [0.15, 0.2) is 5.76 Å². The molecule has 0 N–H and O–H groups in total. The van der Waals surface area contributed by atoms with Gasteiger partial charge in [-0.15, -0.1) is 11.8 Å². The molecular formula is C22H23NO4S. The van der Waals surface area contributed by atoms with Crippen LogP contribution in [0.3, 0.4) is 0 Å². The maximum atomic E-state index is 12.9. The number of amides is 1. The molecule has 0 spiro atoms. The van der Waals surface area contributed by atoms with E-state index in [1.807, 2.05) is 54.6 Å². The average molecular weight is 397 g/mol. The van der Waals surface area contributed by atoms with Gasteiger partial charge in [-0.3, -0.25) is 4.79 Å². The second-order valence-electron chi connectivity index (χ2n) is 6.22. The van der Waals surface area contributed by atoms with Gasteiger partial charge < -0.3 is 18.8 Å². The Morgan fingerprint density at radius 1 is 1.04 bits per heavy atom. The van der Waals surface area contributed by atoms with Crippen LogP contribution in [-0.2, 0) is 12.3 Å². The van der Waals surface area contributed by atoms with Crippen molar-refractivity contribution in [3.63, 3.8) is 0 Å². The fraction of sp³-hybridized carbons (Fsp3) is 0.227. The summed E-state index contributed by atoms with van der Waals surface area (Å²) >= 11 is 1.67. The van der Waals surface area contributed by atoms with Crippen molar-refractivity contribution in [2.75, 3.05) is 21.3 Å². The largest absolute Gasteiger partial charge is 0.497 e. The number of hydrogen-bond donors (Lipinski definition) is 0. The fourth-order valence-corrected chi connectivity index (χ4v) is 3.70. The van der Waals surface area contributed by atoms with Gasteiger partial charge >= 0.3 is 0 Å². The molecule has 3 rings (SSSR count). The molecule has 5 nitrogen and oxygen atoms in total. The molecule has 0 radical (unpaired) electrons. The molecule has 6 heteroatoms. The summed E-state index contributed by atoms with van der Waals surface area (Å²) in [6.45, 7) is 0.401. The molecule has 28 heavy (non-hydrogen) atoms. The van der Waals surface area contributed by atoms with E-state index < -0.39 is 0 Å². The Kier molecular flexibility index (Phi) is 6.66. The van der Waals surface area contributed by atoms with E-state index >= 15 is 0 Å². The molecule has 0 aliphatic heterocycles. The fourth-order valence-electron chi connectivity index (χ4n) is 2.80. The van der Waals surface area contributed by atoms with Gasteiger partial charge in [-0.1, -0.05) is 18.2 Å². The SMILES string of the molecule is COc1ccc(CN(C)C(=O)c2occc2CSc2ccccc2)c(OC)c1. The molecule has 0 saturated carbocycles. The average Bonchev–Trinajstić information content (AvgIpc) is 3.21. The molecule has 0 fully saturated rings. The second kappa shape index (κ2) is 9.37. The number of carbonyl (C=O) groups excluding carboxylic acids is 1. The van der Waals surface area contributed by atoms with Crippen molar-refractivity contribution in [1.29, 1.82) is 0 Å². The number of carbonyl (C=O) groups is 1. The first-order valence-electron chi connectivity index (χ1n) is 8.83. The van der Waals surface area contributed by atoms with E-state index in [1.165, 1.54) is 0 Å². The van der Waals surface area contributed by atoms with Crippen molar-refractivity contribution in [3.8, 4) is 11.5 Å². The van der Waals surface area contributed by atoms with Crippen molar-refractivity contribution in [1.82, 2.24) is 4.90 Å². The number of hydrogen-bond acceptors (Lipinski definition) is 5. The minimum absolute atomic E-state index is 0.161. The molecule has 146 valence electrons. The minimum atomic E-state index is -0.161. The maximum absolute atomic E-state index is 12.9. The van der Waals surface area contributed by atoms with Crippen LogP contribution < -0.4 is 9.47 Å². The first-order valence-corrected chi connectivity index (χ1v) is 9.81. The zero-order chi connectivity index (χ0) is 19.9. The molecule has 0 aliphatic rings. The third-order valence-electron chi connectivity index (χ3n) is 4.33. The number of nitrogens with zero attached hydrogens (tertiary/aromatic N) is 1. The number of benzene rings is 2. The summed E-state index contributed by atoms with van der Waals surface area (Å²) < 4.78 is 16.2. The number of ether oxygens (including phenoxy) is 2. The molecular weight excluding hydrogens is 374 g/mol. The summed E-state index contributed by atoms with van der Waals surface area (Å²) in [7, 11) is 4.96. The molecule has 0 unspecified atom stereocenters. The lowest BCUT2D eigenvalue weighted by Crippen LogP contribution is -2.26. The summed E-state index contributed by atoms with van der Waals surface area (Å²) in [5.74, 6) is 2.27. The first-order chi connectivity index (χ1) is 13.6. The third kappa shape index (κ3) is 4.70. The van der Waals surface area contributed by atoms with E-state index in [0.29, 0.717) is 29.6 Å². The van der Waals surface area contributed by atoms with Gasteiger partial charge in [0.2, 0.25) is 0 Å². The highest BCUT2D eigenvalue weighted by molar-refractivity contribution is 7.98. The molecule has 0 bridgehead atoms. The molecule has 1 heterocycles. The zero-order valence-electron chi connectivity index (χ0n) is 16.2. The van der Waals surface area contributed by atoms with E-state index in [-0.39, 0.29) is 5.91 Å². The monoisotopic (exact) mass is 397 g/mol. The summed E-state index contributed by atoms with van der Waals surface area (Å²) in [5, 5.41) is 0. The van der Waals surface area contributed by atoms with E-state index in [2.05, 4.69) is 0 Å². The first kappa shape index (κ1) is 19.9. The van der Waals surface area contributed by atoms with Crippen LogP contribution in [0.2, 0.25) is 0 Å². The topological polar surface area (TPSA) is 51.9 Å². The van der Waals surface area contributed by atoms with E-state index in [4.69, 9.17) is 13.9 Å². The van der Waals surface area contributed by atoms with Crippen LogP contribution in [0.4, 0.5) is 0 Å². The highest BCUT2D eigenvalue weighted by Crippen LogP contribution is 2.28. The minimum Gasteiger partial charge on any atom is -0.497 e. The van der Waals surface area contributed by atoms with Gasteiger partial charge in [0, 0.05) is 41.4 Å². The van der Waals surface area contributed by atoms with Crippen molar-refractivity contribution >= 4 is 17.7 Å². The maximum Gasteiger partial charge on any atom is 0.289 e. The van der Waals surface area contributed by atoms with Crippen LogP contribution in [0.5, 0.6) is 11.5 Å². The predicted octanol–water partition coefficient (Wildman–Crippen LogP) is 4.86. The van der Waals surface area contributed by atoms with Gasteiger partial charge in [-0.25, -0.2) is 0 Å². The van der Waals surface area contributed by atoms with Crippen LogP contribution in [0, 0.1) is 0 Å². The molecule has 1 aromatic heterocycles. The Morgan fingerprint density at radius 3 is 2.54 bits per heavy atom. The van der Waals surface area contributed by atoms with Gasteiger partial charge in [0.1, 0.15) is 11.5 Å². The Morgan fingerprint density at radius 2 is 1.82 bits per heavy atom. The van der Waals surface area contributed by atoms with Crippen LogP contribution in [0.1, 0.15) is 21.7 Å². The van der Waals surface area contributed by atoms with Crippen molar-refractivity contribution in [2.24, 2.45) is 0 Å².